The maximum atomic E-state index is 13.2. The topological polar surface area (TPSA) is 67.3 Å². The molecule has 7 heteroatoms. The molecule has 0 fully saturated rings. The second kappa shape index (κ2) is 16.2. The Hall–Kier alpha value is -2.54. The maximum absolute atomic E-state index is 13.2. The number of hydrogen-bond donors (Lipinski definition) is 1. The smallest absolute Gasteiger partial charge is 0.178 e. The third kappa shape index (κ3) is 12.6. The first-order chi connectivity index (χ1) is 16.8. The summed E-state index contributed by atoms with van der Waals surface area (Å²) in [5.74, 6) is 2.18. The Bertz CT molecular complexity index is 983. The molecule has 0 amide bonds. The van der Waals surface area contributed by atoms with Crippen molar-refractivity contribution in [1.29, 1.82) is 0 Å². The molecule has 2 heterocycles. The van der Waals surface area contributed by atoms with Crippen LogP contribution >= 0.6 is 11.8 Å². The zero-order chi connectivity index (χ0) is 25.5. The summed E-state index contributed by atoms with van der Waals surface area (Å²) in [4.78, 5) is 4.20. The number of nitrogens with zero attached hydrogens (tertiary/aromatic N) is 4. The minimum absolute atomic E-state index is 0.0673. The monoisotopic (exact) mass is 497 g/mol. The Balaban J connectivity index is 1.92. The number of nitrogens with one attached hydrogen (secondary N) is 1. The molecule has 5 nitrogen and oxygen atoms in total. The summed E-state index contributed by atoms with van der Waals surface area (Å²) in [6.07, 6.45) is 16.7. The van der Waals surface area contributed by atoms with Crippen molar-refractivity contribution in [2.75, 3.05) is 11.5 Å². The molecular formula is C28H40FN5S. The van der Waals surface area contributed by atoms with Crippen LogP contribution in [0.5, 0.6) is 0 Å². The molecule has 0 aromatic carbocycles. The number of aromatic nitrogens is 5. The summed E-state index contributed by atoms with van der Waals surface area (Å²) in [5.41, 5.74) is 6.51. The standard InChI is InChI=1S/C28H40FN5S/c1-21(2)8-6-9-23(5)10-7-11-24(13-12-22(3)4)16-17-35-20-25(28-31-33-34-32-28)18-27-15-14-26(29)19-30-27/h8,10,12,14-16,19,25H,6-7,9,11,13,17-18,20H2,1-5H3,(H,31,32,33,34)/b23-10+,24-16-. The number of aromatic amines is 1. The van der Waals surface area contributed by atoms with Gasteiger partial charge in [-0.05, 0) is 78.9 Å². The fourth-order valence-electron chi connectivity index (χ4n) is 3.55. The molecule has 1 atom stereocenters. The Morgan fingerprint density at radius 1 is 1.00 bits per heavy atom. The van der Waals surface area contributed by atoms with Crippen LogP contribution in [0.2, 0.25) is 0 Å². The number of hydrogen-bond acceptors (Lipinski definition) is 5. The van der Waals surface area contributed by atoms with Gasteiger partial charge in [-0.15, -0.1) is 10.2 Å². The van der Waals surface area contributed by atoms with Gasteiger partial charge in [0.25, 0.3) is 0 Å². The van der Waals surface area contributed by atoms with E-state index in [-0.39, 0.29) is 11.7 Å². The van der Waals surface area contributed by atoms with E-state index in [1.54, 1.807) is 6.07 Å². The second-order valence-electron chi connectivity index (χ2n) is 9.43. The van der Waals surface area contributed by atoms with Crippen molar-refractivity contribution in [2.24, 2.45) is 0 Å². The highest BCUT2D eigenvalue weighted by Crippen LogP contribution is 2.23. The van der Waals surface area contributed by atoms with Crippen molar-refractivity contribution in [3.05, 3.63) is 82.3 Å². The van der Waals surface area contributed by atoms with E-state index in [0.29, 0.717) is 12.2 Å². The van der Waals surface area contributed by atoms with E-state index < -0.39 is 0 Å². The quantitative estimate of drug-likeness (QED) is 0.203. The molecule has 0 aliphatic carbocycles. The van der Waals surface area contributed by atoms with Gasteiger partial charge in [0.1, 0.15) is 5.82 Å². The second-order valence-corrected chi connectivity index (χ2v) is 10.5. The lowest BCUT2D eigenvalue weighted by Gasteiger charge is -2.12. The molecule has 0 saturated heterocycles. The van der Waals surface area contributed by atoms with Crippen LogP contribution in [0.15, 0.2) is 64.9 Å². The van der Waals surface area contributed by atoms with Crippen LogP contribution in [0.4, 0.5) is 4.39 Å². The number of rotatable bonds is 15. The molecule has 0 radical (unpaired) electrons. The van der Waals surface area contributed by atoms with Crippen molar-refractivity contribution >= 4 is 11.8 Å². The van der Waals surface area contributed by atoms with Crippen LogP contribution in [-0.4, -0.2) is 37.1 Å². The summed E-state index contributed by atoms with van der Waals surface area (Å²) in [6, 6.07) is 3.17. The highest BCUT2D eigenvalue weighted by atomic mass is 32.2. The Labute approximate surface area is 214 Å². The first-order valence-corrected chi connectivity index (χ1v) is 13.5. The van der Waals surface area contributed by atoms with E-state index in [4.69, 9.17) is 0 Å². The Kier molecular flexibility index (Phi) is 13.3. The van der Waals surface area contributed by atoms with Crippen molar-refractivity contribution in [2.45, 2.75) is 79.1 Å². The summed E-state index contributed by atoms with van der Waals surface area (Å²) < 4.78 is 13.2. The van der Waals surface area contributed by atoms with Gasteiger partial charge in [-0.3, -0.25) is 4.98 Å². The van der Waals surface area contributed by atoms with E-state index in [9.17, 15) is 4.39 Å². The molecule has 0 aliphatic heterocycles. The zero-order valence-corrected chi connectivity index (χ0v) is 22.7. The van der Waals surface area contributed by atoms with Gasteiger partial charge in [0.05, 0.1) is 6.20 Å². The van der Waals surface area contributed by atoms with Crippen LogP contribution in [0.3, 0.4) is 0 Å². The van der Waals surface area contributed by atoms with Gasteiger partial charge in [0.2, 0.25) is 0 Å². The van der Waals surface area contributed by atoms with Crippen molar-refractivity contribution in [3.8, 4) is 0 Å². The van der Waals surface area contributed by atoms with E-state index in [1.165, 1.54) is 34.6 Å². The fourth-order valence-corrected chi connectivity index (χ4v) is 4.59. The first kappa shape index (κ1) is 28.7. The van der Waals surface area contributed by atoms with Crippen LogP contribution in [0.25, 0.3) is 0 Å². The third-order valence-electron chi connectivity index (χ3n) is 5.60. The Morgan fingerprint density at radius 2 is 1.77 bits per heavy atom. The maximum Gasteiger partial charge on any atom is 0.178 e. The van der Waals surface area contributed by atoms with Gasteiger partial charge in [0, 0.05) is 29.5 Å². The molecule has 1 unspecified atom stereocenters. The summed E-state index contributed by atoms with van der Waals surface area (Å²) in [7, 11) is 0. The number of halogens is 1. The number of H-pyrrole nitrogens is 1. The van der Waals surface area contributed by atoms with Crippen molar-refractivity contribution in [1.82, 2.24) is 25.6 Å². The fraction of sp³-hybridized carbons (Fsp3) is 0.500. The highest BCUT2D eigenvalue weighted by molar-refractivity contribution is 7.99. The van der Waals surface area contributed by atoms with E-state index in [0.717, 1.165) is 49.3 Å². The summed E-state index contributed by atoms with van der Waals surface area (Å²) in [5, 5.41) is 14.6. The summed E-state index contributed by atoms with van der Waals surface area (Å²) >= 11 is 1.86. The summed E-state index contributed by atoms with van der Waals surface area (Å²) in [6.45, 7) is 10.8. The van der Waals surface area contributed by atoms with E-state index >= 15 is 0 Å². The molecule has 35 heavy (non-hydrogen) atoms. The molecule has 2 aromatic heterocycles. The van der Waals surface area contributed by atoms with Crippen molar-refractivity contribution < 1.29 is 4.39 Å². The zero-order valence-electron chi connectivity index (χ0n) is 21.9. The Morgan fingerprint density at radius 3 is 2.43 bits per heavy atom. The molecular weight excluding hydrogens is 457 g/mol. The number of tetrazole rings is 1. The minimum atomic E-state index is -0.328. The average Bonchev–Trinajstić information content (AvgIpc) is 3.35. The van der Waals surface area contributed by atoms with Gasteiger partial charge in [0.15, 0.2) is 5.82 Å². The molecule has 1 N–H and O–H groups in total. The van der Waals surface area contributed by atoms with Crippen LogP contribution < -0.4 is 0 Å². The molecule has 0 bridgehead atoms. The predicted molar refractivity (Wildman–Crippen MR) is 146 cm³/mol. The SMILES string of the molecule is CC(C)=CCC/C(C)=C/CC/C(=C/CSCC(Cc1ccc(F)cn1)c1nn[nH]n1)CC=C(C)C. The molecule has 2 rings (SSSR count). The van der Waals surface area contributed by atoms with Gasteiger partial charge in [-0.1, -0.05) is 51.8 Å². The number of allylic oxidation sites excluding steroid dienone is 7. The molecule has 0 aliphatic rings. The third-order valence-corrected chi connectivity index (χ3v) is 6.64. The van der Waals surface area contributed by atoms with Crippen LogP contribution in [0, 0.1) is 5.82 Å². The van der Waals surface area contributed by atoms with E-state index in [1.807, 2.05) is 11.8 Å². The first-order valence-electron chi connectivity index (χ1n) is 12.3. The highest BCUT2D eigenvalue weighted by Gasteiger charge is 2.18. The van der Waals surface area contributed by atoms with Crippen molar-refractivity contribution in [3.63, 3.8) is 0 Å². The lowest BCUT2D eigenvalue weighted by molar-refractivity contribution is 0.615. The van der Waals surface area contributed by atoms with Gasteiger partial charge in [-0.2, -0.15) is 17.0 Å². The molecule has 190 valence electrons. The number of pyridine rings is 1. The minimum Gasteiger partial charge on any atom is -0.258 e. The molecule has 2 aromatic rings. The molecule has 0 saturated carbocycles. The van der Waals surface area contributed by atoms with E-state index in [2.05, 4.69) is 84.5 Å². The van der Waals surface area contributed by atoms with Crippen LogP contribution in [0.1, 0.15) is 84.2 Å². The van der Waals surface area contributed by atoms with Gasteiger partial charge < -0.3 is 0 Å². The largest absolute Gasteiger partial charge is 0.258 e. The number of thioether (sulfide) groups is 1. The van der Waals surface area contributed by atoms with Gasteiger partial charge >= 0.3 is 0 Å². The lowest BCUT2D eigenvalue weighted by atomic mass is 10.0. The van der Waals surface area contributed by atoms with Gasteiger partial charge in [-0.25, -0.2) is 4.39 Å². The average molecular weight is 498 g/mol. The lowest BCUT2D eigenvalue weighted by Crippen LogP contribution is -2.10. The van der Waals surface area contributed by atoms with Crippen LogP contribution in [-0.2, 0) is 6.42 Å². The normalized spacial score (nSPS) is 13.0. The molecule has 0 spiro atoms. The predicted octanol–water partition coefficient (Wildman–Crippen LogP) is 7.55.